The number of hydrogen-bond acceptors (Lipinski definition) is 9. The fourth-order valence-corrected chi connectivity index (χ4v) is 4.49. The molecule has 1 saturated carbocycles. The molecular weight excluding hydrogens is 653 g/mol. The molecular formula is C32H38ClF3N8O4. The minimum absolute atomic E-state index is 0.0168. The molecule has 1 aromatic heterocycles. The Morgan fingerprint density at radius 2 is 1.48 bits per heavy atom. The van der Waals surface area contributed by atoms with Gasteiger partial charge in [-0.05, 0) is 66.1 Å². The number of carbonyl (C=O) groups is 3. The second-order valence-corrected chi connectivity index (χ2v) is 13.2. The third-order valence-corrected chi connectivity index (χ3v) is 7.47. The van der Waals surface area contributed by atoms with Gasteiger partial charge in [0.1, 0.15) is 0 Å². The summed E-state index contributed by atoms with van der Waals surface area (Å²) in [5.41, 5.74) is 0.629. The first kappa shape index (κ1) is 36.2. The zero-order valence-corrected chi connectivity index (χ0v) is 27.7. The maximum atomic E-state index is 12.9. The van der Waals surface area contributed by atoms with Gasteiger partial charge in [0.25, 0.3) is 5.91 Å². The summed E-state index contributed by atoms with van der Waals surface area (Å²) in [7, 11) is 0. The van der Waals surface area contributed by atoms with Crippen molar-refractivity contribution in [3.63, 3.8) is 0 Å². The standard InChI is InChI=1S/C32H38ClF3N8O4/c1-19(2)15-37-25(46)26(47)39-17-30(3,4)16-38-24(45)20-5-11-23(12-6-20)40-27-41-28(43-29(42-27)48-18-32(34,35)36)44-31(13-14-31)21-7-9-22(33)10-8-21/h5-12,19H,13-18H2,1-4H3,(H,37,46)(H,38,45)(H,39,47)(H2,40,41,42,43,44). The molecule has 0 aliphatic heterocycles. The van der Waals surface area contributed by atoms with Crippen LogP contribution in [-0.2, 0) is 15.1 Å². The Morgan fingerprint density at radius 1 is 0.875 bits per heavy atom. The molecule has 2 aromatic carbocycles. The zero-order valence-electron chi connectivity index (χ0n) is 26.9. The highest BCUT2D eigenvalue weighted by Gasteiger charge is 2.45. The Balaban J connectivity index is 1.38. The number of hydrogen-bond donors (Lipinski definition) is 5. The van der Waals surface area contributed by atoms with Crippen molar-refractivity contribution in [3.05, 3.63) is 64.7 Å². The van der Waals surface area contributed by atoms with E-state index in [1.807, 2.05) is 39.8 Å². The highest BCUT2D eigenvalue weighted by molar-refractivity contribution is 6.35. The van der Waals surface area contributed by atoms with Crippen LogP contribution in [0.4, 0.5) is 30.8 Å². The molecule has 5 N–H and O–H groups in total. The molecule has 12 nitrogen and oxygen atoms in total. The van der Waals surface area contributed by atoms with Crippen LogP contribution in [0.1, 0.15) is 56.5 Å². The molecule has 0 bridgehead atoms. The minimum Gasteiger partial charge on any atom is -0.454 e. The summed E-state index contributed by atoms with van der Waals surface area (Å²) in [5.74, 6) is -1.68. The van der Waals surface area contributed by atoms with Crippen molar-refractivity contribution in [1.82, 2.24) is 30.9 Å². The van der Waals surface area contributed by atoms with E-state index in [-0.39, 0.29) is 36.8 Å². The van der Waals surface area contributed by atoms with E-state index in [2.05, 4.69) is 41.5 Å². The third-order valence-electron chi connectivity index (χ3n) is 7.21. The number of anilines is 3. The summed E-state index contributed by atoms with van der Waals surface area (Å²) in [5, 5.41) is 14.7. The lowest BCUT2D eigenvalue weighted by Crippen LogP contribution is -2.46. The molecule has 0 radical (unpaired) electrons. The number of aromatic nitrogens is 3. The third kappa shape index (κ3) is 11.0. The van der Waals surface area contributed by atoms with Gasteiger partial charge in [0, 0.05) is 35.9 Å². The van der Waals surface area contributed by atoms with E-state index in [0.29, 0.717) is 22.8 Å². The second kappa shape index (κ2) is 15.0. The van der Waals surface area contributed by atoms with Gasteiger partial charge in [-0.2, -0.15) is 28.1 Å². The Morgan fingerprint density at radius 3 is 2.08 bits per heavy atom. The van der Waals surface area contributed by atoms with Crippen molar-refractivity contribution in [2.24, 2.45) is 11.3 Å². The van der Waals surface area contributed by atoms with Crippen molar-refractivity contribution in [3.8, 4) is 6.01 Å². The summed E-state index contributed by atoms with van der Waals surface area (Å²) in [6.45, 7) is 6.66. The smallest absolute Gasteiger partial charge is 0.422 e. The van der Waals surface area contributed by atoms with E-state index >= 15 is 0 Å². The van der Waals surface area contributed by atoms with Crippen LogP contribution < -0.4 is 31.3 Å². The summed E-state index contributed by atoms with van der Waals surface area (Å²) in [6.07, 6.45) is -3.11. The number of alkyl halides is 3. The first-order valence-corrected chi connectivity index (χ1v) is 15.6. The fourth-order valence-electron chi connectivity index (χ4n) is 4.37. The summed E-state index contributed by atoms with van der Waals surface area (Å²) in [6, 6.07) is 13.0. The molecule has 0 atom stereocenters. The molecule has 0 spiro atoms. The van der Waals surface area contributed by atoms with Gasteiger partial charge in [-0.1, -0.05) is 51.4 Å². The average molecular weight is 691 g/mol. The van der Waals surface area contributed by atoms with Gasteiger partial charge in [-0.15, -0.1) is 0 Å². The maximum Gasteiger partial charge on any atom is 0.422 e. The molecule has 1 aliphatic rings. The van der Waals surface area contributed by atoms with Crippen LogP contribution in [-0.4, -0.2) is 65.1 Å². The van der Waals surface area contributed by atoms with E-state index in [4.69, 9.17) is 16.3 Å². The number of nitrogens with one attached hydrogen (secondary N) is 5. The van der Waals surface area contributed by atoms with E-state index in [1.54, 1.807) is 36.4 Å². The quantitative estimate of drug-likeness (QED) is 0.148. The molecule has 3 aromatic rings. The highest BCUT2D eigenvalue weighted by atomic mass is 35.5. The minimum atomic E-state index is -4.60. The summed E-state index contributed by atoms with van der Waals surface area (Å²) in [4.78, 5) is 49.2. The molecule has 0 unspecified atom stereocenters. The lowest BCUT2D eigenvalue weighted by atomic mass is 9.93. The van der Waals surface area contributed by atoms with E-state index in [0.717, 1.165) is 18.4 Å². The number of rotatable bonds is 14. The molecule has 4 rings (SSSR count). The molecule has 3 amide bonds. The van der Waals surface area contributed by atoms with Crippen LogP contribution in [0.3, 0.4) is 0 Å². The van der Waals surface area contributed by atoms with Crippen LogP contribution in [0.25, 0.3) is 0 Å². The van der Waals surface area contributed by atoms with Crippen molar-refractivity contribution >= 4 is 46.9 Å². The zero-order chi connectivity index (χ0) is 35.1. The molecule has 16 heteroatoms. The van der Waals surface area contributed by atoms with E-state index < -0.39 is 41.6 Å². The first-order valence-electron chi connectivity index (χ1n) is 15.2. The number of ether oxygens (including phenoxy) is 1. The SMILES string of the molecule is CC(C)CNC(=O)C(=O)NCC(C)(C)CNC(=O)c1ccc(Nc2nc(NC3(c4ccc(Cl)cc4)CC3)nc(OCC(F)(F)F)n2)cc1. The molecule has 48 heavy (non-hydrogen) atoms. The van der Waals surface area contributed by atoms with E-state index in [9.17, 15) is 27.6 Å². The van der Waals surface area contributed by atoms with Gasteiger partial charge in [0.15, 0.2) is 6.61 Å². The lowest BCUT2D eigenvalue weighted by Gasteiger charge is -2.25. The van der Waals surface area contributed by atoms with Crippen LogP contribution >= 0.6 is 11.6 Å². The lowest BCUT2D eigenvalue weighted by molar-refractivity contribution is -0.154. The maximum absolute atomic E-state index is 12.9. The fraction of sp³-hybridized carbons (Fsp3) is 0.438. The first-order chi connectivity index (χ1) is 22.5. The molecule has 1 fully saturated rings. The van der Waals surface area contributed by atoms with Crippen LogP contribution in [0.5, 0.6) is 6.01 Å². The Labute approximate surface area is 281 Å². The number of carbonyl (C=O) groups excluding carboxylic acids is 3. The Bertz CT molecular complexity index is 1600. The molecule has 1 aliphatic carbocycles. The molecule has 258 valence electrons. The van der Waals surface area contributed by atoms with Crippen LogP contribution in [0, 0.1) is 11.3 Å². The number of halogens is 4. The van der Waals surface area contributed by atoms with Gasteiger partial charge in [-0.25, -0.2) is 0 Å². The summed E-state index contributed by atoms with van der Waals surface area (Å²) < 4.78 is 43.5. The monoisotopic (exact) mass is 690 g/mol. The van der Waals surface area contributed by atoms with Crippen molar-refractivity contribution in [1.29, 1.82) is 0 Å². The van der Waals surface area contributed by atoms with Gasteiger partial charge >= 0.3 is 24.0 Å². The number of amides is 3. The van der Waals surface area contributed by atoms with Gasteiger partial charge in [0.05, 0.1) is 5.54 Å². The van der Waals surface area contributed by atoms with Crippen molar-refractivity contribution < 1.29 is 32.3 Å². The van der Waals surface area contributed by atoms with Crippen molar-refractivity contribution in [2.45, 2.75) is 52.3 Å². The molecule has 1 heterocycles. The Hall–Kier alpha value is -4.66. The van der Waals surface area contributed by atoms with Gasteiger partial charge < -0.3 is 31.3 Å². The number of nitrogens with zero attached hydrogens (tertiary/aromatic N) is 3. The predicted octanol–water partition coefficient (Wildman–Crippen LogP) is 4.96. The normalized spacial score (nSPS) is 13.8. The largest absolute Gasteiger partial charge is 0.454 e. The van der Waals surface area contributed by atoms with Crippen LogP contribution in [0.15, 0.2) is 48.5 Å². The molecule has 0 saturated heterocycles. The van der Waals surface area contributed by atoms with Crippen molar-refractivity contribution in [2.75, 3.05) is 36.9 Å². The topological polar surface area (TPSA) is 159 Å². The number of benzene rings is 2. The Kier molecular flexibility index (Phi) is 11.3. The van der Waals surface area contributed by atoms with E-state index in [1.165, 1.54) is 0 Å². The average Bonchev–Trinajstić information content (AvgIpc) is 3.81. The second-order valence-electron chi connectivity index (χ2n) is 12.7. The predicted molar refractivity (Wildman–Crippen MR) is 174 cm³/mol. The summed E-state index contributed by atoms with van der Waals surface area (Å²) >= 11 is 6.02. The van der Waals surface area contributed by atoms with Gasteiger partial charge in [-0.3, -0.25) is 14.4 Å². The highest BCUT2D eigenvalue weighted by Crippen LogP contribution is 2.48. The van der Waals surface area contributed by atoms with Crippen LogP contribution in [0.2, 0.25) is 5.02 Å². The van der Waals surface area contributed by atoms with Gasteiger partial charge in [0.2, 0.25) is 11.9 Å².